The molecule has 1 heterocycles. The monoisotopic (exact) mass is 279 g/mol. The largest absolute Gasteiger partial charge is 0.398 e. The quantitative estimate of drug-likeness (QED) is 0.854. The summed E-state index contributed by atoms with van der Waals surface area (Å²) in [4.78, 5) is 0. The van der Waals surface area contributed by atoms with Gasteiger partial charge in [-0.15, -0.1) is 5.10 Å². The first-order chi connectivity index (χ1) is 7.75. The zero-order chi connectivity index (χ0) is 11.1. The van der Waals surface area contributed by atoms with Crippen molar-refractivity contribution in [2.75, 3.05) is 5.73 Å². The number of halogens is 1. The van der Waals surface area contributed by atoms with Crippen molar-refractivity contribution in [2.45, 2.75) is 18.9 Å². The Morgan fingerprint density at radius 3 is 2.88 bits per heavy atom. The number of nitrogens with zero attached hydrogens (tertiary/aromatic N) is 4. The van der Waals surface area contributed by atoms with Gasteiger partial charge in [-0.05, 0) is 57.4 Å². The second kappa shape index (κ2) is 3.55. The van der Waals surface area contributed by atoms with Crippen LogP contribution in [0.25, 0.3) is 11.4 Å². The van der Waals surface area contributed by atoms with E-state index in [1.807, 2.05) is 22.9 Å². The lowest BCUT2D eigenvalue weighted by molar-refractivity contribution is 0.615. The molecule has 1 aliphatic carbocycles. The van der Waals surface area contributed by atoms with Crippen molar-refractivity contribution in [2.24, 2.45) is 0 Å². The summed E-state index contributed by atoms with van der Waals surface area (Å²) in [5.74, 6) is 0.793. The maximum Gasteiger partial charge on any atom is 0.182 e. The molecule has 6 heteroatoms. The molecule has 2 aromatic rings. The van der Waals surface area contributed by atoms with Crippen LogP contribution in [0.3, 0.4) is 0 Å². The summed E-state index contributed by atoms with van der Waals surface area (Å²) in [5.41, 5.74) is 7.50. The highest BCUT2D eigenvalue weighted by Gasteiger charge is 2.28. The number of anilines is 1. The van der Waals surface area contributed by atoms with Crippen LogP contribution < -0.4 is 5.73 Å². The highest BCUT2D eigenvalue weighted by atomic mass is 79.9. The summed E-state index contributed by atoms with van der Waals surface area (Å²) in [6.45, 7) is 0. The molecule has 0 atom stereocenters. The Kier molecular flexibility index (Phi) is 2.17. The van der Waals surface area contributed by atoms with Crippen molar-refractivity contribution in [1.82, 2.24) is 20.2 Å². The summed E-state index contributed by atoms with van der Waals surface area (Å²) >= 11 is 3.37. The topological polar surface area (TPSA) is 69.6 Å². The second-order valence-corrected chi connectivity index (χ2v) is 4.77. The van der Waals surface area contributed by atoms with Gasteiger partial charge in [0.1, 0.15) is 0 Å². The van der Waals surface area contributed by atoms with E-state index in [1.165, 1.54) is 0 Å². The number of hydrogen-bond acceptors (Lipinski definition) is 4. The molecule has 1 saturated carbocycles. The maximum absolute atomic E-state index is 5.84. The number of nitrogens with two attached hydrogens (primary N) is 1. The minimum absolute atomic E-state index is 0.467. The van der Waals surface area contributed by atoms with Crippen molar-refractivity contribution in [3.63, 3.8) is 0 Å². The van der Waals surface area contributed by atoms with Crippen LogP contribution >= 0.6 is 15.9 Å². The Morgan fingerprint density at radius 2 is 2.19 bits per heavy atom. The highest BCUT2D eigenvalue weighted by molar-refractivity contribution is 9.10. The Labute approximate surface area is 101 Å². The molecule has 82 valence electrons. The second-order valence-electron chi connectivity index (χ2n) is 3.91. The van der Waals surface area contributed by atoms with Gasteiger partial charge in [0.15, 0.2) is 5.82 Å². The zero-order valence-electron chi connectivity index (χ0n) is 8.47. The van der Waals surface area contributed by atoms with Gasteiger partial charge in [0.25, 0.3) is 0 Å². The summed E-state index contributed by atoms with van der Waals surface area (Å²) in [6, 6.07) is 6.23. The number of hydrogen-bond donors (Lipinski definition) is 1. The minimum Gasteiger partial charge on any atom is -0.398 e. The fraction of sp³-hybridized carbons (Fsp3) is 0.300. The van der Waals surface area contributed by atoms with Gasteiger partial charge < -0.3 is 5.73 Å². The zero-order valence-corrected chi connectivity index (χ0v) is 10.1. The SMILES string of the molecule is Nc1cc(-c2nnnn2C2CC2)ccc1Br. The molecule has 1 aliphatic rings. The highest BCUT2D eigenvalue weighted by Crippen LogP contribution is 2.37. The summed E-state index contributed by atoms with van der Waals surface area (Å²) in [6.07, 6.45) is 2.31. The van der Waals surface area contributed by atoms with Crippen LogP contribution in [0.15, 0.2) is 22.7 Å². The molecular formula is C10H10BrN5. The van der Waals surface area contributed by atoms with Crippen LogP contribution in [0.1, 0.15) is 18.9 Å². The van der Waals surface area contributed by atoms with Gasteiger partial charge in [0.2, 0.25) is 0 Å². The number of benzene rings is 1. The third kappa shape index (κ3) is 1.59. The van der Waals surface area contributed by atoms with Crippen molar-refractivity contribution < 1.29 is 0 Å². The smallest absolute Gasteiger partial charge is 0.182 e. The van der Waals surface area contributed by atoms with Gasteiger partial charge in [-0.25, -0.2) is 4.68 Å². The van der Waals surface area contributed by atoms with Gasteiger partial charge in [-0.2, -0.15) is 0 Å². The molecule has 0 saturated heterocycles. The van der Waals surface area contributed by atoms with Crippen LogP contribution in [-0.4, -0.2) is 20.2 Å². The van der Waals surface area contributed by atoms with Gasteiger partial charge in [-0.3, -0.25) is 0 Å². The third-order valence-electron chi connectivity index (χ3n) is 2.64. The number of tetrazole rings is 1. The van der Waals surface area contributed by atoms with E-state index in [0.717, 1.165) is 28.7 Å². The first-order valence-corrected chi connectivity index (χ1v) is 5.88. The van der Waals surface area contributed by atoms with E-state index in [9.17, 15) is 0 Å². The normalized spacial score (nSPS) is 15.3. The Hall–Kier alpha value is -1.43. The van der Waals surface area contributed by atoms with Crippen molar-refractivity contribution >= 4 is 21.6 Å². The van der Waals surface area contributed by atoms with E-state index in [2.05, 4.69) is 31.5 Å². The summed E-state index contributed by atoms with van der Waals surface area (Å²) in [5, 5.41) is 11.8. The van der Waals surface area contributed by atoms with Crippen LogP contribution in [0.4, 0.5) is 5.69 Å². The molecule has 16 heavy (non-hydrogen) atoms. The molecule has 3 rings (SSSR count). The Morgan fingerprint density at radius 1 is 1.38 bits per heavy atom. The molecular weight excluding hydrogens is 270 g/mol. The summed E-state index contributed by atoms with van der Waals surface area (Å²) < 4.78 is 2.77. The molecule has 0 amide bonds. The lowest BCUT2D eigenvalue weighted by Crippen LogP contribution is -2.00. The van der Waals surface area contributed by atoms with Gasteiger partial charge in [0, 0.05) is 15.7 Å². The van der Waals surface area contributed by atoms with E-state index in [-0.39, 0.29) is 0 Å². The predicted molar refractivity (Wildman–Crippen MR) is 63.6 cm³/mol. The summed E-state index contributed by atoms with van der Waals surface area (Å²) in [7, 11) is 0. The first-order valence-electron chi connectivity index (χ1n) is 5.09. The number of aromatic nitrogens is 4. The molecule has 0 spiro atoms. The fourth-order valence-electron chi connectivity index (χ4n) is 1.63. The van der Waals surface area contributed by atoms with E-state index < -0.39 is 0 Å². The molecule has 2 N–H and O–H groups in total. The van der Waals surface area contributed by atoms with Gasteiger partial charge in [-0.1, -0.05) is 0 Å². The van der Waals surface area contributed by atoms with Crippen LogP contribution in [-0.2, 0) is 0 Å². The van der Waals surface area contributed by atoms with Crippen LogP contribution in [0, 0.1) is 0 Å². The predicted octanol–water partition coefficient (Wildman–Crippen LogP) is 2.02. The average Bonchev–Trinajstić information content (AvgIpc) is 3.01. The number of nitrogen functional groups attached to an aromatic ring is 1. The van der Waals surface area contributed by atoms with Crippen LogP contribution in [0.2, 0.25) is 0 Å². The van der Waals surface area contributed by atoms with Crippen molar-refractivity contribution in [1.29, 1.82) is 0 Å². The molecule has 0 unspecified atom stereocenters. The fourth-order valence-corrected chi connectivity index (χ4v) is 1.88. The molecule has 5 nitrogen and oxygen atoms in total. The van der Waals surface area contributed by atoms with Gasteiger partial charge >= 0.3 is 0 Å². The Balaban J connectivity index is 2.07. The standard InChI is InChI=1S/C10H10BrN5/c11-8-4-1-6(5-9(8)12)10-13-14-15-16(10)7-2-3-7/h1,4-5,7H,2-3,12H2. The lowest BCUT2D eigenvalue weighted by atomic mass is 10.2. The van der Waals surface area contributed by atoms with E-state index >= 15 is 0 Å². The number of rotatable bonds is 2. The molecule has 1 aromatic carbocycles. The lowest BCUT2D eigenvalue weighted by Gasteiger charge is -2.04. The third-order valence-corrected chi connectivity index (χ3v) is 3.36. The maximum atomic E-state index is 5.84. The van der Waals surface area contributed by atoms with Crippen molar-refractivity contribution in [3.05, 3.63) is 22.7 Å². The Bertz CT molecular complexity index is 532. The van der Waals surface area contributed by atoms with E-state index in [1.54, 1.807) is 0 Å². The molecule has 0 radical (unpaired) electrons. The average molecular weight is 280 g/mol. The molecule has 0 aliphatic heterocycles. The molecule has 0 bridgehead atoms. The van der Waals surface area contributed by atoms with Crippen molar-refractivity contribution in [3.8, 4) is 11.4 Å². The molecule has 1 fully saturated rings. The molecule has 1 aromatic heterocycles. The van der Waals surface area contributed by atoms with Gasteiger partial charge in [0.05, 0.1) is 6.04 Å². The minimum atomic E-state index is 0.467. The van der Waals surface area contributed by atoms with E-state index in [4.69, 9.17) is 5.73 Å². The van der Waals surface area contributed by atoms with Crippen LogP contribution in [0.5, 0.6) is 0 Å². The van der Waals surface area contributed by atoms with E-state index in [0.29, 0.717) is 11.7 Å². The first kappa shape index (κ1) is 9.77.